The van der Waals surface area contributed by atoms with Gasteiger partial charge in [0.05, 0.1) is 6.26 Å². The molecule has 4 rings (SSSR count). The second-order valence-electron chi connectivity index (χ2n) is 9.89. The molecule has 2 aromatic carbocycles. The van der Waals surface area contributed by atoms with Gasteiger partial charge < -0.3 is 5.11 Å². The Labute approximate surface area is 213 Å². The fourth-order valence-corrected chi connectivity index (χ4v) is 7.11. The third-order valence-corrected chi connectivity index (χ3v) is 8.97. The number of alkyl halides is 3. The minimum Gasteiger partial charge on any atom is -0.376 e. The highest BCUT2D eigenvalue weighted by atomic mass is 35.5. The summed E-state index contributed by atoms with van der Waals surface area (Å²) in [5.74, 6) is -0.470. The van der Waals surface area contributed by atoms with E-state index in [1.165, 1.54) is 18.4 Å². The molecule has 2 aliphatic rings. The first-order valence-electron chi connectivity index (χ1n) is 11.7. The van der Waals surface area contributed by atoms with Gasteiger partial charge in [0.2, 0.25) is 10.0 Å². The summed E-state index contributed by atoms with van der Waals surface area (Å²) in [5, 5.41) is 9.94. The van der Waals surface area contributed by atoms with E-state index in [-0.39, 0.29) is 17.1 Å². The Morgan fingerprint density at radius 2 is 1.67 bits per heavy atom. The van der Waals surface area contributed by atoms with E-state index >= 15 is 4.39 Å². The van der Waals surface area contributed by atoms with Crippen LogP contribution in [0.4, 0.5) is 17.6 Å². The third-order valence-electron chi connectivity index (χ3n) is 7.29. The predicted molar refractivity (Wildman–Crippen MR) is 131 cm³/mol. The van der Waals surface area contributed by atoms with Gasteiger partial charge in [-0.1, -0.05) is 36.7 Å². The minimum atomic E-state index is -4.88. The van der Waals surface area contributed by atoms with Gasteiger partial charge in [0, 0.05) is 47.9 Å². The Balaban J connectivity index is 1.60. The van der Waals surface area contributed by atoms with Crippen LogP contribution in [0.2, 0.25) is 5.02 Å². The SMILES string of the molecule is CCc1cc(CN2CC3CCC(C2)N3S(C)(=O)=O)c(F)cc1-c1ccc(C(C)(O)C(F)(F)F)cc1Cl. The largest absolute Gasteiger partial charge is 0.421 e. The number of fused-ring (bicyclic) bond motifs is 2. The number of sulfonamides is 1. The number of hydrogen-bond donors (Lipinski definition) is 1. The van der Waals surface area contributed by atoms with Crippen molar-refractivity contribution in [1.29, 1.82) is 0 Å². The summed E-state index contributed by atoms with van der Waals surface area (Å²) in [5.41, 5.74) is -1.37. The first-order chi connectivity index (χ1) is 16.6. The van der Waals surface area contributed by atoms with Crippen LogP contribution in [0.5, 0.6) is 0 Å². The van der Waals surface area contributed by atoms with Crippen LogP contribution in [0.3, 0.4) is 0 Å². The zero-order chi connectivity index (χ0) is 26.6. The predicted octanol–water partition coefficient (Wildman–Crippen LogP) is 5.09. The van der Waals surface area contributed by atoms with Crippen molar-refractivity contribution in [2.45, 2.75) is 63.5 Å². The first kappa shape index (κ1) is 27.3. The van der Waals surface area contributed by atoms with E-state index in [0.29, 0.717) is 49.7 Å². The molecule has 5 nitrogen and oxygen atoms in total. The van der Waals surface area contributed by atoms with Crippen LogP contribution in [0, 0.1) is 5.82 Å². The van der Waals surface area contributed by atoms with Crippen LogP contribution in [0.1, 0.15) is 43.4 Å². The van der Waals surface area contributed by atoms with Crippen molar-refractivity contribution in [3.05, 3.63) is 57.9 Å². The fraction of sp³-hybridized carbons (Fsp3) is 0.520. The molecule has 11 heteroatoms. The van der Waals surface area contributed by atoms with Gasteiger partial charge in [0.25, 0.3) is 0 Å². The van der Waals surface area contributed by atoms with Crippen molar-refractivity contribution in [3.63, 3.8) is 0 Å². The number of aliphatic hydroxyl groups is 1. The van der Waals surface area contributed by atoms with Gasteiger partial charge in [0.1, 0.15) is 5.82 Å². The van der Waals surface area contributed by atoms with Crippen molar-refractivity contribution in [2.24, 2.45) is 0 Å². The molecular formula is C25H29ClF4N2O3S. The van der Waals surface area contributed by atoms with Crippen molar-refractivity contribution in [1.82, 2.24) is 9.21 Å². The van der Waals surface area contributed by atoms with Gasteiger partial charge in [-0.2, -0.15) is 17.5 Å². The number of benzene rings is 2. The summed E-state index contributed by atoms with van der Waals surface area (Å²) in [6, 6.07) is 6.44. The van der Waals surface area contributed by atoms with E-state index in [2.05, 4.69) is 4.90 Å². The topological polar surface area (TPSA) is 60.9 Å². The van der Waals surface area contributed by atoms with Crippen LogP contribution in [-0.2, 0) is 28.6 Å². The maximum absolute atomic E-state index is 15.3. The zero-order valence-electron chi connectivity index (χ0n) is 20.2. The van der Waals surface area contributed by atoms with Crippen molar-refractivity contribution < 1.29 is 31.1 Å². The van der Waals surface area contributed by atoms with E-state index < -0.39 is 33.2 Å². The molecule has 0 spiro atoms. The Morgan fingerprint density at radius 1 is 1.06 bits per heavy atom. The molecule has 0 saturated carbocycles. The zero-order valence-corrected chi connectivity index (χ0v) is 21.8. The van der Waals surface area contributed by atoms with E-state index in [4.69, 9.17) is 11.6 Å². The van der Waals surface area contributed by atoms with Crippen LogP contribution in [-0.4, -0.2) is 60.3 Å². The minimum absolute atomic E-state index is 0.0210. The Bertz CT molecular complexity index is 1250. The number of nitrogens with zero attached hydrogens (tertiary/aromatic N) is 2. The lowest BCUT2D eigenvalue weighted by Gasteiger charge is -2.39. The maximum atomic E-state index is 15.3. The molecule has 2 aliphatic heterocycles. The second-order valence-corrected chi connectivity index (χ2v) is 12.2. The molecule has 198 valence electrons. The Kier molecular flexibility index (Phi) is 7.24. The van der Waals surface area contributed by atoms with Gasteiger partial charge in [-0.3, -0.25) is 4.90 Å². The van der Waals surface area contributed by atoms with Crippen LogP contribution in [0.25, 0.3) is 11.1 Å². The van der Waals surface area contributed by atoms with E-state index in [1.807, 2.05) is 6.92 Å². The van der Waals surface area contributed by atoms with Gasteiger partial charge in [-0.15, -0.1) is 0 Å². The van der Waals surface area contributed by atoms with Gasteiger partial charge in [-0.25, -0.2) is 12.8 Å². The van der Waals surface area contributed by atoms with E-state index in [1.54, 1.807) is 10.4 Å². The Morgan fingerprint density at radius 3 is 2.17 bits per heavy atom. The average Bonchev–Trinajstić information content (AvgIpc) is 3.06. The number of hydrogen-bond acceptors (Lipinski definition) is 4. The molecule has 0 aliphatic carbocycles. The van der Waals surface area contributed by atoms with Crippen molar-refractivity contribution >= 4 is 21.6 Å². The van der Waals surface area contributed by atoms with E-state index in [9.17, 15) is 26.7 Å². The molecule has 2 aromatic rings. The molecule has 1 N–H and O–H groups in total. The number of rotatable bonds is 6. The lowest BCUT2D eigenvalue weighted by atomic mass is 9.91. The molecule has 36 heavy (non-hydrogen) atoms. The lowest BCUT2D eigenvalue weighted by Crippen LogP contribution is -2.55. The summed E-state index contributed by atoms with van der Waals surface area (Å²) in [6.07, 6.45) is -1.56. The highest BCUT2D eigenvalue weighted by Gasteiger charge is 2.51. The summed E-state index contributed by atoms with van der Waals surface area (Å²) in [6.45, 7) is 3.93. The Hall–Kier alpha value is -1.72. The maximum Gasteiger partial charge on any atom is 0.421 e. The van der Waals surface area contributed by atoms with Gasteiger partial charge in [0.15, 0.2) is 5.60 Å². The van der Waals surface area contributed by atoms with Gasteiger partial charge >= 0.3 is 6.18 Å². The van der Waals surface area contributed by atoms with Crippen LogP contribution in [0.15, 0.2) is 30.3 Å². The highest BCUT2D eigenvalue weighted by molar-refractivity contribution is 7.88. The summed E-state index contributed by atoms with van der Waals surface area (Å²) < 4.78 is 80.9. The highest BCUT2D eigenvalue weighted by Crippen LogP contribution is 2.42. The van der Waals surface area contributed by atoms with Crippen LogP contribution >= 0.6 is 11.6 Å². The number of likely N-dealkylation sites (tertiary alicyclic amines) is 1. The normalized spacial score (nSPS) is 23.1. The molecular weight excluding hydrogens is 520 g/mol. The summed E-state index contributed by atoms with van der Waals surface area (Å²) in [4.78, 5) is 2.07. The monoisotopic (exact) mass is 548 g/mol. The molecule has 3 atom stereocenters. The van der Waals surface area contributed by atoms with E-state index in [0.717, 1.165) is 30.5 Å². The summed E-state index contributed by atoms with van der Waals surface area (Å²) >= 11 is 6.32. The van der Waals surface area contributed by atoms with Crippen molar-refractivity contribution in [3.8, 4) is 11.1 Å². The molecule has 0 radical (unpaired) electrons. The molecule has 2 bridgehead atoms. The average molecular weight is 549 g/mol. The third kappa shape index (κ3) is 5.03. The molecule has 2 saturated heterocycles. The first-order valence-corrected chi connectivity index (χ1v) is 14.0. The number of aryl methyl sites for hydroxylation is 1. The van der Waals surface area contributed by atoms with Gasteiger partial charge in [-0.05, 0) is 55.0 Å². The molecule has 3 unspecified atom stereocenters. The lowest BCUT2D eigenvalue weighted by molar-refractivity contribution is -0.258. The second kappa shape index (κ2) is 9.54. The molecule has 2 fully saturated rings. The quantitative estimate of drug-likeness (QED) is 0.511. The smallest absolute Gasteiger partial charge is 0.376 e. The summed E-state index contributed by atoms with van der Waals surface area (Å²) in [7, 11) is -3.30. The van der Waals surface area contributed by atoms with Crippen LogP contribution < -0.4 is 0 Å². The number of halogens is 5. The number of piperazine rings is 1. The molecule has 0 aromatic heterocycles. The molecule has 2 heterocycles. The fourth-order valence-electron chi connectivity index (χ4n) is 5.40. The molecule has 0 amide bonds. The van der Waals surface area contributed by atoms with Crippen molar-refractivity contribution in [2.75, 3.05) is 19.3 Å². The standard InChI is InChI=1S/C25H29ClF4N2O3S/c1-4-15-9-16(12-31-13-18-6-7-19(14-31)32(18)36(3,34)35)23(27)11-21(15)20-8-5-17(10-22(20)26)24(2,33)25(28,29)30/h5,8-11,18-19,33H,4,6-7,12-14H2,1-3H3.